The van der Waals surface area contributed by atoms with Crippen molar-refractivity contribution in [3.8, 4) is 0 Å². The molecule has 2 aliphatic rings. The molecule has 3 rings (SSSR count). The molecule has 0 unspecified atom stereocenters. The quantitative estimate of drug-likeness (QED) is 0.728. The van der Waals surface area contributed by atoms with E-state index in [2.05, 4.69) is 46.4 Å². The molecule has 2 fully saturated rings. The van der Waals surface area contributed by atoms with Gasteiger partial charge in [0.1, 0.15) is 0 Å². The molecule has 1 aromatic carbocycles. The van der Waals surface area contributed by atoms with Gasteiger partial charge >= 0.3 is 0 Å². The molecule has 5 heteroatoms. The molecule has 160 valence electrons. The zero-order valence-electron chi connectivity index (χ0n) is 17.9. The molecule has 0 spiro atoms. The Morgan fingerprint density at radius 1 is 1.03 bits per heavy atom. The van der Waals surface area contributed by atoms with Crippen LogP contribution in [0.15, 0.2) is 30.3 Å². The Kier molecular flexibility index (Phi) is 8.53. The van der Waals surface area contributed by atoms with Gasteiger partial charge in [0.15, 0.2) is 0 Å². The summed E-state index contributed by atoms with van der Waals surface area (Å²) < 4.78 is 0. The highest BCUT2D eigenvalue weighted by Gasteiger charge is 2.29. The summed E-state index contributed by atoms with van der Waals surface area (Å²) in [6.45, 7) is 4.07. The van der Waals surface area contributed by atoms with Gasteiger partial charge in [-0.25, -0.2) is 0 Å². The highest BCUT2D eigenvalue weighted by Crippen LogP contribution is 2.28. The fourth-order valence-corrected chi connectivity index (χ4v) is 4.66. The van der Waals surface area contributed by atoms with Crippen LogP contribution in [0.4, 0.5) is 0 Å². The summed E-state index contributed by atoms with van der Waals surface area (Å²) in [5.41, 5.74) is 1.29. The minimum absolute atomic E-state index is 0.148. The second-order valence-electron chi connectivity index (χ2n) is 8.88. The summed E-state index contributed by atoms with van der Waals surface area (Å²) in [7, 11) is 2.08. The van der Waals surface area contributed by atoms with Crippen LogP contribution in [0.2, 0.25) is 0 Å². The SMILES string of the molecule is CN(CCNC(=O)CC1CCN(C(=O)C2CCCCC2)CC1)Cc1ccccc1. The maximum atomic E-state index is 12.7. The van der Waals surface area contributed by atoms with E-state index in [9.17, 15) is 9.59 Å². The molecule has 29 heavy (non-hydrogen) atoms. The molecule has 1 aromatic rings. The van der Waals surface area contributed by atoms with E-state index in [0.717, 1.165) is 51.9 Å². The minimum atomic E-state index is 0.148. The minimum Gasteiger partial charge on any atom is -0.355 e. The lowest BCUT2D eigenvalue weighted by Gasteiger charge is -2.35. The summed E-state index contributed by atoms with van der Waals surface area (Å²) in [4.78, 5) is 29.2. The van der Waals surface area contributed by atoms with Crippen LogP contribution in [0, 0.1) is 11.8 Å². The molecule has 2 amide bonds. The van der Waals surface area contributed by atoms with Crippen molar-refractivity contribution in [2.24, 2.45) is 11.8 Å². The molecule has 1 N–H and O–H groups in total. The van der Waals surface area contributed by atoms with Crippen molar-refractivity contribution in [3.05, 3.63) is 35.9 Å². The van der Waals surface area contributed by atoms with E-state index in [1.165, 1.54) is 24.8 Å². The van der Waals surface area contributed by atoms with Crippen LogP contribution >= 0.6 is 0 Å². The van der Waals surface area contributed by atoms with Gasteiger partial charge in [-0.05, 0) is 44.2 Å². The van der Waals surface area contributed by atoms with Gasteiger partial charge in [-0.3, -0.25) is 9.59 Å². The van der Waals surface area contributed by atoms with Crippen molar-refractivity contribution in [1.29, 1.82) is 0 Å². The first-order valence-electron chi connectivity index (χ1n) is 11.4. The Morgan fingerprint density at radius 2 is 1.72 bits per heavy atom. The van der Waals surface area contributed by atoms with Gasteiger partial charge in [-0.15, -0.1) is 0 Å². The number of likely N-dealkylation sites (N-methyl/N-ethyl adjacent to an activating group) is 1. The number of benzene rings is 1. The number of carbonyl (C=O) groups excluding carboxylic acids is 2. The summed E-state index contributed by atoms with van der Waals surface area (Å²) in [6, 6.07) is 10.4. The van der Waals surface area contributed by atoms with E-state index in [-0.39, 0.29) is 11.8 Å². The molecule has 1 saturated carbocycles. The van der Waals surface area contributed by atoms with Crippen LogP contribution < -0.4 is 5.32 Å². The van der Waals surface area contributed by atoms with Gasteiger partial charge in [0.2, 0.25) is 11.8 Å². The van der Waals surface area contributed by atoms with Crippen LogP contribution in [-0.4, -0.2) is 54.8 Å². The molecule has 0 atom stereocenters. The third-order valence-electron chi connectivity index (χ3n) is 6.47. The fourth-order valence-electron chi connectivity index (χ4n) is 4.66. The fraction of sp³-hybridized carbons (Fsp3) is 0.667. The Labute approximate surface area is 175 Å². The number of amides is 2. The van der Waals surface area contributed by atoms with Gasteiger partial charge in [0.25, 0.3) is 0 Å². The highest BCUT2D eigenvalue weighted by molar-refractivity contribution is 5.79. The number of piperidine rings is 1. The maximum Gasteiger partial charge on any atom is 0.225 e. The van der Waals surface area contributed by atoms with Gasteiger partial charge in [-0.2, -0.15) is 0 Å². The van der Waals surface area contributed by atoms with Crippen LogP contribution in [0.25, 0.3) is 0 Å². The first-order chi connectivity index (χ1) is 14.1. The molecular weight excluding hydrogens is 362 g/mol. The van der Waals surface area contributed by atoms with E-state index in [1.807, 2.05) is 6.07 Å². The molecule has 0 aromatic heterocycles. The molecule has 0 radical (unpaired) electrons. The summed E-state index contributed by atoms with van der Waals surface area (Å²) in [5.74, 6) is 1.19. The molecule has 1 saturated heterocycles. The van der Waals surface area contributed by atoms with E-state index in [4.69, 9.17) is 0 Å². The highest BCUT2D eigenvalue weighted by atomic mass is 16.2. The lowest BCUT2D eigenvalue weighted by atomic mass is 9.87. The number of carbonyl (C=O) groups is 2. The predicted octanol–water partition coefficient (Wildman–Crippen LogP) is 3.44. The van der Waals surface area contributed by atoms with Gasteiger partial charge in [0, 0.05) is 45.1 Å². The van der Waals surface area contributed by atoms with Crippen molar-refractivity contribution >= 4 is 11.8 Å². The molecule has 1 heterocycles. The average molecular weight is 400 g/mol. The Bertz CT molecular complexity index is 635. The number of hydrogen-bond acceptors (Lipinski definition) is 3. The average Bonchev–Trinajstić information content (AvgIpc) is 2.75. The van der Waals surface area contributed by atoms with E-state index in [1.54, 1.807) is 0 Å². The zero-order chi connectivity index (χ0) is 20.5. The smallest absolute Gasteiger partial charge is 0.225 e. The van der Waals surface area contributed by atoms with Crippen molar-refractivity contribution in [2.75, 3.05) is 33.2 Å². The number of nitrogens with zero attached hydrogens (tertiary/aromatic N) is 2. The topological polar surface area (TPSA) is 52.7 Å². The summed E-state index contributed by atoms with van der Waals surface area (Å²) in [6.07, 6.45) is 8.33. The number of likely N-dealkylation sites (tertiary alicyclic amines) is 1. The van der Waals surface area contributed by atoms with Gasteiger partial charge in [0.05, 0.1) is 0 Å². The largest absolute Gasteiger partial charge is 0.355 e. The Hall–Kier alpha value is -1.88. The third-order valence-corrected chi connectivity index (χ3v) is 6.47. The van der Waals surface area contributed by atoms with Crippen LogP contribution in [0.5, 0.6) is 0 Å². The van der Waals surface area contributed by atoms with Crippen molar-refractivity contribution in [3.63, 3.8) is 0 Å². The Balaban J connectivity index is 1.29. The zero-order valence-corrected chi connectivity index (χ0v) is 17.9. The standard InChI is InChI=1S/C24H37N3O2/c1-26(19-21-8-4-2-5-9-21)17-14-25-23(28)18-20-12-15-27(16-13-20)24(29)22-10-6-3-7-11-22/h2,4-5,8-9,20,22H,3,6-7,10-19H2,1H3,(H,25,28). The summed E-state index contributed by atoms with van der Waals surface area (Å²) in [5, 5.41) is 3.07. The molecule has 1 aliphatic carbocycles. The molecule has 0 bridgehead atoms. The van der Waals surface area contributed by atoms with E-state index in [0.29, 0.717) is 24.8 Å². The van der Waals surface area contributed by atoms with Crippen molar-refractivity contribution in [1.82, 2.24) is 15.1 Å². The predicted molar refractivity (Wildman–Crippen MR) is 116 cm³/mol. The lowest BCUT2D eigenvalue weighted by molar-refractivity contribution is -0.138. The molecular formula is C24H37N3O2. The van der Waals surface area contributed by atoms with Crippen LogP contribution in [-0.2, 0) is 16.1 Å². The van der Waals surface area contributed by atoms with Crippen molar-refractivity contribution < 1.29 is 9.59 Å². The first-order valence-corrected chi connectivity index (χ1v) is 11.4. The van der Waals surface area contributed by atoms with Gasteiger partial charge < -0.3 is 15.1 Å². The van der Waals surface area contributed by atoms with Crippen molar-refractivity contribution in [2.45, 2.75) is 57.9 Å². The van der Waals surface area contributed by atoms with E-state index < -0.39 is 0 Å². The Morgan fingerprint density at radius 3 is 2.41 bits per heavy atom. The number of rotatable bonds is 8. The van der Waals surface area contributed by atoms with E-state index >= 15 is 0 Å². The first kappa shape index (κ1) is 21.8. The van der Waals surface area contributed by atoms with Gasteiger partial charge in [-0.1, -0.05) is 49.6 Å². The third kappa shape index (κ3) is 7.14. The second kappa shape index (κ2) is 11.3. The lowest BCUT2D eigenvalue weighted by Crippen LogP contribution is -2.43. The molecule has 5 nitrogen and oxygen atoms in total. The van der Waals surface area contributed by atoms with Crippen LogP contribution in [0.3, 0.4) is 0 Å². The number of nitrogens with one attached hydrogen (secondary N) is 1. The molecule has 1 aliphatic heterocycles. The normalized spacial score (nSPS) is 18.8. The number of hydrogen-bond donors (Lipinski definition) is 1. The van der Waals surface area contributed by atoms with Crippen LogP contribution in [0.1, 0.15) is 56.9 Å². The summed E-state index contributed by atoms with van der Waals surface area (Å²) >= 11 is 0. The monoisotopic (exact) mass is 399 g/mol. The maximum absolute atomic E-state index is 12.7. The second-order valence-corrected chi connectivity index (χ2v) is 8.88.